The summed E-state index contributed by atoms with van der Waals surface area (Å²) in [5.41, 5.74) is 1.85. The van der Waals surface area contributed by atoms with Crippen LogP contribution in [-0.2, 0) is 22.4 Å². The fourth-order valence-corrected chi connectivity index (χ4v) is 4.88. The number of carbonyl (C=O) groups is 1. The molecule has 0 spiro atoms. The summed E-state index contributed by atoms with van der Waals surface area (Å²) in [6, 6.07) is 2.30. The van der Waals surface area contributed by atoms with Crippen molar-refractivity contribution in [3.63, 3.8) is 0 Å². The summed E-state index contributed by atoms with van der Waals surface area (Å²) in [5, 5.41) is 13.2. The van der Waals surface area contributed by atoms with Gasteiger partial charge in [0.05, 0.1) is 18.3 Å². The Balaban J connectivity index is 1.59. The molecule has 1 aliphatic carbocycles. The maximum atomic E-state index is 12.3. The lowest BCUT2D eigenvalue weighted by Crippen LogP contribution is -2.42. The number of ether oxygens (including phenoxy) is 1. The van der Waals surface area contributed by atoms with Crippen LogP contribution in [-0.4, -0.2) is 43.2 Å². The van der Waals surface area contributed by atoms with Crippen molar-refractivity contribution in [3.8, 4) is 6.07 Å². The van der Waals surface area contributed by atoms with Gasteiger partial charge in [0.2, 0.25) is 5.91 Å². The zero-order valence-corrected chi connectivity index (χ0v) is 15.2. The van der Waals surface area contributed by atoms with Crippen LogP contribution in [0.3, 0.4) is 0 Å². The Morgan fingerprint density at radius 2 is 2.33 bits per heavy atom. The summed E-state index contributed by atoms with van der Waals surface area (Å²) in [6.45, 7) is 7.54. The van der Waals surface area contributed by atoms with Gasteiger partial charge < -0.3 is 10.1 Å². The highest BCUT2D eigenvalue weighted by molar-refractivity contribution is 7.16. The summed E-state index contributed by atoms with van der Waals surface area (Å²) in [6.07, 6.45) is 3.80. The number of rotatable bonds is 4. The van der Waals surface area contributed by atoms with Gasteiger partial charge in [-0.05, 0) is 37.7 Å². The second kappa shape index (κ2) is 7.64. The van der Waals surface area contributed by atoms with Crippen molar-refractivity contribution in [1.29, 1.82) is 5.26 Å². The van der Waals surface area contributed by atoms with E-state index < -0.39 is 0 Å². The van der Waals surface area contributed by atoms with Gasteiger partial charge in [0, 0.05) is 30.9 Å². The number of nitriles is 1. The molecule has 1 N–H and O–H groups in total. The molecular weight excluding hydrogens is 322 g/mol. The largest absolute Gasteiger partial charge is 0.376 e. The fourth-order valence-electron chi connectivity index (χ4n) is 3.50. The lowest BCUT2D eigenvalue weighted by Gasteiger charge is -2.30. The number of carbonyl (C=O) groups excluding carboxylic acids is 1. The Labute approximate surface area is 147 Å². The van der Waals surface area contributed by atoms with Crippen LogP contribution in [0, 0.1) is 17.2 Å². The van der Waals surface area contributed by atoms with Gasteiger partial charge in [-0.15, -0.1) is 11.3 Å². The van der Waals surface area contributed by atoms with Crippen LogP contribution < -0.4 is 5.32 Å². The van der Waals surface area contributed by atoms with E-state index >= 15 is 0 Å². The Morgan fingerprint density at radius 3 is 3.08 bits per heavy atom. The van der Waals surface area contributed by atoms with E-state index in [9.17, 15) is 10.1 Å². The predicted molar refractivity (Wildman–Crippen MR) is 95.3 cm³/mol. The fraction of sp³-hybridized carbons (Fsp3) is 0.667. The van der Waals surface area contributed by atoms with Crippen LogP contribution in [0.5, 0.6) is 0 Å². The highest BCUT2D eigenvalue weighted by atomic mass is 32.1. The molecule has 130 valence electrons. The Hall–Kier alpha value is -1.42. The lowest BCUT2D eigenvalue weighted by atomic mass is 9.89. The van der Waals surface area contributed by atoms with Crippen LogP contribution in [0.1, 0.15) is 42.7 Å². The molecule has 3 rings (SSSR count). The molecule has 2 heterocycles. The Morgan fingerprint density at radius 1 is 1.50 bits per heavy atom. The molecule has 0 aromatic carbocycles. The van der Waals surface area contributed by atoms with Crippen molar-refractivity contribution in [2.75, 3.05) is 31.6 Å². The van der Waals surface area contributed by atoms with Crippen molar-refractivity contribution in [2.24, 2.45) is 5.92 Å². The summed E-state index contributed by atoms with van der Waals surface area (Å²) < 4.78 is 5.52. The summed E-state index contributed by atoms with van der Waals surface area (Å²) in [7, 11) is 0. The minimum atomic E-state index is -0.00251. The molecule has 5 nitrogen and oxygen atoms in total. The molecule has 0 saturated carbocycles. The van der Waals surface area contributed by atoms with Crippen LogP contribution in [0.4, 0.5) is 5.00 Å². The van der Waals surface area contributed by atoms with Gasteiger partial charge in [-0.3, -0.25) is 9.69 Å². The Kier molecular flexibility index (Phi) is 5.54. The maximum Gasteiger partial charge on any atom is 0.226 e. The van der Waals surface area contributed by atoms with Crippen molar-refractivity contribution < 1.29 is 9.53 Å². The number of morpholine rings is 1. The van der Waals surface area contributed by atoms with E-state index in [-0.39, 0.29) is 12.0 Å². The van der Waals surface area contributed by atoms with Crippen molar-refractivity contribution in [1.82, 2.24) is 4.90 Å². The van der Waals surface area contributed by atoms with Crippen molar-refractivity contribution in [2.45, 2.75) is 45.6 Å². The van der Waals surface area contributed by atoms with Gasteiger partial charge in [0.1, 0.15) is 11.1 Å². The molecule has 6 heteroatoms. The average Bonchev–Trinajstić information content (AvgIpc) is 2.89. The molecule has 0 radical (unpaired) electrons. The highest BCUT2D eigenvalue weighted by Gasteiger charge is 2.25. The SMILES string of the molecule is C[C@H]1CCc2c(sc(NC(=O)CCN3CCO[C@@H](C)C3)c2C#N)C1. The molecule has 24 heavy (non-hydrogen) atoms. The normalized spacial score (nSPS) is 24.2. The summed E-state index contributed by atoms with van der Waals surface area (Å²) in [5.74, 6) is 0.659. The van der Waals surface area contributed by atoms with Gasteiger partial charge in [-0.25, -0.2) is 0 Å². The van der Waals surface area contributed by atoms with Gasteiger partial charge in [0.25, 0.3) is 0 Å². The van der Waals surface area contributed by atoms with E-state index in [1.807, 2.05) is 0 Å². The number of amides is 1. The predicted octanol–water partition coefficient (Wildman–Crippen LogP) is 2.79. The van der Waals surface area contributed by atoms with E-state index in [1.54, 1.807) is 11.3 Å². The zero-order chi connectivity index (χ0) is 17.1. The molecule has 0 bridgehead atoms. The molecule has 1 aliphatic heterocycles. The molecular formula is C18H25N3O2S. The first-order valence-electron chi connectivity index (χ1n) is 8.75. The quantitative estimate of drug-likeness (QED) is 0.909. The third kappa shape index (κ3) is 3.97. The number of nitrogens with one attached hydrogen (secondary N) is 1. The molecule has 1 amide bonds. The summed E-state index contributed by atoms with van der Waals surface area (Å²) in [4.78, 5) is 15.9. The maximum absolute atomic E-state index is 12.3. The number of hydrogen-bond acceptors (Lipinski definition) is 5. The first-order chi connectivity index (χ1) is 11.6. The average molecular weight is 347 g/mol. The van der Waals surface area contributed by atoms with Gasteiger partial charge in [-0.2, -0.15) is 5.26 Å². The topological polar surface area (TPSA) is 65.4 Å². The molecule has 1 aromatic rings. The molecule has 1 saturated heterocycles. The molecule has 0 unspecified atom stereocenters. The smallest absolute Gasteiger partial charge is 0.226 e. The Bertz CT molecular complexity index is 649. The van der Waals surface area contributed by atoms with Crippen molar-refractivity contribution in [3.05, 3.63) is 16.0 Å². The lowest BCUT2D eigenvalue weighted by molar-refractivity contribution is -0.117. The number of fused-ring (bicyclic) bond motifs is 1. The van der Waals surface area contributed by atoms with E-state index in [1.165, 1.54) is 4.88 Å². The number of thiophene rings is 1. The van der Waals surface area contributed by atoms with E-state index in [0.717, 1.165) is 56.1 Å². The van der Waals surface area contributed by atoms with Crippen LogP contribution in [0.2, 0.25) is 0 Å². The first-order valence-corrected chi connectivity index (χ1v) is 9.57. The van der Waals surface area contributed by atoms with Crippen LogP contribution >= 0.6 is 11.3 Å². The first kappa shape index (κ1) is 17.4. The van der Waals surface area contributed by atoms with Gasteiger partial charge >= 0.3 is 0 Å². The molecule has 2 atom stereocenters. The third-order valence-corrected chi connectivity index (χ3v) is 6.03. The van der Waals surface area contributed by atoms with E-state index in [4.69, 9.17) is 4.74 Å². The highest BCUT2D eigenvalue weighted by Crippen LogP contribution is 2.39. The zero-order valence-electron chi connectivity index (χ0n) is 14.4. The van der Waals surface area contributed by atoms with E-state index in [0.29, 0.717) is 17.9 Å². The van der Waals surface area contributed by atoms with Crippen molar-refractivity contribution >= 4 is 22.2 Å². The summed E-state index contributed by atoms with van der Waals surface area (Å²) >= 11 is 1.59. The molecule has 1 fully saturated rings. The standard InChI is InChI=1S/C18H25N3O2S/c1-12-3-4-14-15(10-19)18(24-16(14)9-12)20-17(22)5-6-21-7-8-23-13(2)11-21/h12-13H,3-9,11H2,1-2H3,(H,20,22)/t12-,13-/m0/s1. The number of nitrogens with zero attached hydrogens (tertiary/aromatic N) is 2. The van der Waals surface area contributed by atoms with Gasteiger partial charge in [0.15, 0.2) is 0 Å². The monoisotopic (exact) mass is 347 g/mol. The molecule has 1 aromatic heterocycles. The van der Waals surface area contributed by atoms with Crippen LogP contribution in [0.25, 0.3) is 0 Å². The molecule has 2 aliphatic rings. The second-order valence-corrected chi connectivity index (χ2v) is 8.05. The van der Waals surface area contributed by atoms with Crippen LogP contribution in [0.15, 0.2) is 0 Å². The minimum absolute atomic E-state index is 0.00251. The minimum Gasteiger partial charge on any atom is -0.376 e. The van der Waals surface area contributed by atoms with E-state index in [2.05, 4.69) is 30.1 Å². The second-order valence-electron chi connectivity index (χ2n) is 6.95. The number of anilines is 1. The third-order valence-electron chi connectivity index (χ3n) is 4.86. The number of hydrogen-bond donors (Lipinski definition) is 1. The van der Waals surface area contributed by atoms with Gasteiger partial charge in [-0.1, -0.05) is 6.92 Å².